The number of pyridine rings is 1. The monoisotopic (exact) mass is 245 g/mol. The van der Waals surface area contributed by atoms with Crippen molar-refractivity contribution in [3.05, 3.63) is 41.6 Å². The molecule has 0 bridgehead atoms. The highest BCUT2D eigenvalue weighted by Crippen LogP contribution is 2.25. The van der Waals surface area contributed by atoms with E-state index in [1.807, 2.05) is 0 Å². The average Bonchev–Trinajstić information content (AvgIpc) is 2.35. The van der Waals surface area contributed by atoms with Crippen LogP contribution in [0.1, 0.15) is 29.8 Å². The van der Waals surface area contributed by atoms with Crippen molar-refractivity contribution in [3.63, 3.8) is 0 Å². The molecule has 1 N–H and O–H groups in total. The van der Waals surface area contributed by atoms with Crippen LogP contribution in [-0.4, -0.2) is 23.2 Å². The van der Waals surface area contributed by atoms with Crippen molar-refractivity contribution in [2.45, 2.75) is 19.4 Å². The van der Waals surface area contributed by atoms with Gasteiger partial charge in [-0.05, 0) is 31.5 Å². The minimum Gasteiger partial charge on any atom is -0.465 e. The highest BCUT2D eigenvalue weighted by Gasteiger charge is 2.18. The van der Waals surface area contributed by atoms with E-state index < -0.39 is 11.6 Å². The number of fused-ring (bicyclic) bond motifs is 1. The molecule has 1 heterocycles. The maximum Gasteiger partial charge on any atom is 0.338 e. The lowest BCUT2D eigenvalue weighted by atomic mass is 9.96. The molecule has 0 aliphatic heterocycles. The summed E-state index contributed by atoms with van der Waals surface area (Å²) >= 11 is 0. The van der Waals surface area contributed by atoms with Gasteiger partial charge in [-0.25, -0.2) is 4.79 Å². The highest BCUT2D eigenvalue weighted by atomic mass is 16.5. The van der Waals surface area contributed by atoms with Gasteiger partial charge in [0.05, 0.1) is 23.8 Å². The second-order valence-electron chi connectivity index (χ2n) is 4.64. The maximum absolute atomic E-state index is 11.6. The van der Waals surface area contributed by atoms with Crippen molar-refractivity contribution >= 4 is 16.9 Å². The number of hydrogen-bond donors (Lipinski definition) is 1. The van der Waals surface area contributed by atoms with Crippen LogP contribution in [0.25, 0.3) is 10.9 Å². The Morgan fingerprint density at radius 1 is 1.33 bits per heavy atom. The smallest absolute Gasteiger partial charge is 0.338 e. The van der Waals surface area contributed by atoms with E-state index in [9.17, 15) is 9.90 Å². The molecule has 0 saturated heterocycles. The Kier molecular flexibility index (Phi) is 3.05. The number of carbonyl (C=O) groups is 1. The van der Waals surface area contributed by atoms with Gasteiger partial charge in [-0.1, -0.05) is 12.1 Å². The third kappa shape index (κ3) is 2.19. The minimum atomic E-state index is -0.933. The number of esters is 1. The van der Waals surface area contributed by atoms with Crippen molar-refractivity contribution < 1.29 is 14.6 Å². The normalized spacial score (nSPS) is 11.6. The average molecular weight is 245 g/mol. The van der Waals surface area contributed by atoms with Crippen molar-refractivity contribution in [1.29, 1.82) is 0 Å². The van der Waals surface area contributed by atoms with Gasteiger partial charge in [0.15, 0.2) is 0 Å². The number of aromatic nitrogens is 1. The summed E-state index contributed by atoms with van der Waals surface area (Å²) < 4.78 is 4.73. The van der Waals surface area contributed by atoms with Crippen LogP contribution in [0.15, 0.2) is 30.5 Å². The first-order chi connectivity index (χ1) is 8.43. The number of carbonyl (C=O) groups excluding carboxylic acids is 1. The lowest BCUT2D eigenvalue weighted by Crippen LogP contribution is -2.15. The van der Waals surface area contributed by atoms with E-state index in [0.717, 1.165) is 10.9 Å². The number of methoxy groups -OCH3 is 1. The Morgan fingerprint density at radius 3 is 2.67 bits per heavy atom. The molecule has 0 unspecified atom stereocenters. The molecule has 1 aromatic heterocycles. The van der Waals surface area contributed by atoms with Crippen LogP contribution in [0, 0.1) is 0 Å². The van der Waals surface area contributed by atoms with Crippen LogP contribution in [0.3, 0.4) is 0 Å². The standard InChI is InChI=1S/C14H15NO3/c1-14(2,17)9-4-5-10-11(13(16)18-3)6-7-15-12(10)8-9/h4-8,17H,1-3H3. The van der Waals surface area contributed by atoms with E-state index in [0.29, 0.717) is 11.1 Å². The van der Waals surface area contributed by atoms with E-state index in [2.05, 4.69) is 4.98 Å². The summed E-state index contributed by atoms with van der Waals surface area (Å²) in [6.07, 6.45) is 1.56. The van der Waals surface area contributed by atoms with E-state index in [-0.39, 0.29) is 0 Å². The van der Waals surface area contributed by atoms with Crippen molar-refractivity contribution in [2.75, 3.05) is 7.11 Å². The van der Waals surface area contributed by atoms with E-state index in [1.54, 1.807) is 44.3 Å². The predicted octanol–water partition coefficient (Wildman–Crippen LogP) is 2.25. The number of hydrogen-bond acceptors (Lipinski definition) is 4. The largest absolute Gasteiger partial charge is 0.465 e. The Balaban J connectivity index is 2.64. The summed E-state index contributed by atoms with van der Waals surface area (Å²) in [5.74, 6) is -0.390. The van der Waals surface area contributed by atoms with E-state index in [4.69, 9.17) is 4.74 Å². The lowest BCUT2D eigenvalue weighted by Gasteiger charge is -2.18. The molecule has 1 aromatic carbocycles. The molecule has 4 nitrogen and oxygen atoms in total. The van der Waals surface area contributed by atoms with Crippen LogP contribution in [-0.2, 0) is 10.3 Å². The fourth-order valence-electron chi connectivity index (χ4n) is 1.82. The number of rotatable bonds is 2. The molecule has 0 saturated carbocycles. The summed E-state index contributed by atoms with van der Waals surface area (Å²) in [6.45, 7) is 3.41. The van der Waals surface area contributed by atoms with Crippen LogP contribution in [0.2, 0.25) is 0 Å². The van der Waals surface area contributed by atoms with Crippen LogP contribution in [0.5, 0.6) is 0 Å². The fourth-order valence-corrected chi connectivity index (χ4v) is 1.82. The molecule has 18 heavy (non-hydrogen) atoms. The molecule has 2 rings (SSSR count). The topological polar surface area (TPSA) is 59.4 Å². The third-order valence-electron chi connectivity index (χ3n) is 2.85. The lowest BCUT2D eigenvalue weighted by molar-refractivity contribution is 0.0603. The molecule has 0 fully saturated rings. The first-order valence-corrected chi connectivity index (χ1v) is 5.63. The summed E-state index contributed by atoms with van der Waals surface area (Å²) in [7, 11) is 1.35. The molecule has 4 heteroatoms. The van der Waals surface area contributed by atoms with Crippen molar-refractivity contribution in [1.82, 2.24) is 4.98 Å². The molecule has 0 aliphatic rings. The predicted molar refractivity (Wildman–Crippen MR) is 68.3 cm³/mol. The summed E-state index contributed by atoms with van der Waals surface area (Å²) in [6, 6.07) is 6.97. The van der Waals surface area contributed by atoms with E-state index >= 15 is 0 Å². The molecule has 0 atom stereocenters. The first-order valence-electron chi connectivity index (χ1n) is 5.63. The molecule has 0 amide bonds. The van der Waals surface area contributed by atoms with E-state index in [1.165, 1.54) is 7.11 Å². The van der Waals surface area contributed by atoms with Gasteiger partial charge in [-0.15, -0.1) is 0 Å². The quantitative estimate of drug-likeness (QED) is 0.824. The van der Waals surface area contributed by atoms with Gasteiger partial charge in [0.1, 0.15) is 0 Å². The van der Waals surface area contributed by atoms with Crippen LogP contribution in [0.4, 0.5) is 0 Å². The Labute approximate surface area is 105 Å². The Bertz CT molecular complexity index is 600. The van der Waals surface area contributed by atoms with Gasteiger partial charge in [-0.3, -0.25) is 4.98 Å². The second-order valence-corrected chi connectivity index (χ2v) is 4.64. The fraction of sp³-hybridized carbons (Fsp3) is 0.286. The zero-order chi connectivity index (χ0) is 13.3. The number of ether oxygens (including phenoxy) is 1. The Hall–Kier alpha value is -1.94. The van der Waals surface area contributed by atoms with Gasteiger partial charge in [-0.2, -0.15) is 0 Å². The zero-order valence-electron chi connectivity index (χ0n) is 10.6. The number of nitrogens with zero attached hydrogens (tertiary/aromatic N) is 1. The van der Waals surface area contributed by atoms with Gasteiger partial charge >= 0.3 is 5.97 Å². The Morgan fingerprint density at radius 2 is 2.06 bits per heavy atom. The van der Waals surface area contributed by atoms with Crippen molar-refractivity contribution in [2.24, 2.45) is 0 Å². The molecule has 94 valence electrons. The van der Waals surface area contributed by atoms with Crippen LogP contribution < -0.4 is 0 Å². The molecule has 2 aromatic rings. The van der Waals surface area contributed by atoms with Crippen molar-refractivity contribution in [3.8, 4) is 0 Å². The van der Waals surface area contributed by atoms with Gasteiger partial charge in [0, 0.05) is 11.6 Å². The van der Waals surface area contributed by atoms with Gasteiger partial charge in [0.2, 0.25) is 0 Å². The second kappa shape index (κ2) is 4.38. The maximum atomic E-state index is 11.6. The number of aliphatic hydroxyl groups is 1. The van der Waals surface area contributed by atoms with Gasteiger partial charge in [0.25, 0.3) is 0 Å². The van der Waals surface area contributed by atoms with Gasteiger partial charge < -0.3 is 9.84 Å². The summed E-state index contributed by atoms with van der Waals surface area (Å²) in [4.78, 5) is 15.8. The first kappa shape index (κ1) is 12.5. The third-order valence-corrected chi connectivity index (χ3v) is 2.85. The van der Waals surface area contributed by atoms with Crippen LogP contribution >= 0.6 is 0 Å². The number of benzene rings is 1. The molecular weight excluding hydrogens is 230 g/mol. The molecule has 0 radical (unpaired) electrons. The zero-order valence-corrected chi connectivity index (χ0v) is 10.6. The molecular formula is C14H15NO3. The molecule has 0 aliphatic carbocycles. The SMILES string of the molecule is COC(=O)c1ccnc2cc(C(C)(C)O)ccc12. The minimum absolute atomic E-state index is 0.390. The summed E-state index contributed by atoms with van der Waals surface area (Å²) in [5.41, 5.74) is 0.962. The molecule has 0 spiro atoms. The summed E-state index contributed by atoms with van der Waals surface area (Å²) in [5, 5.41) is 10.7. The highest BCUT2D eigenvalue weighted by molar-refractivity contribution is 6.03.